The average molecular weight is 331 g/mol. The molecule has 5 rings (SSSR count). The van der Waals surface area contributed by atoms with Crippen molar-refractivity contribution in [1.29, 1.82) is 0 Å². The summed E-state index contributed by atoms with van der Waals surface area (Å²) in [5.74, 6) is -0.0928. The standard InChI is InChI=1S/C20H17N3O2/c24-19-18-10-15-14-8-4-5-9-16(14)21-17(15)12-22(18)20(25)23(19)11-13-6-2-1-3-7-13/h1-9,18,21H,10-12H2. The lowest BCUT2D eigenvalue weighted by atomic mass is 9.97. The molecule has 1 atom stereocenters. The Bertz CT molecular complexity index is 993. The largest absolute Gasteiger partial charge is 0.357 e. The second-order valence-electron chi connectivity index (χ2n) is 6.67. The minimum absolute atomic E-state index is 0.0928. The molecule has 3 amide bonds. The third kappa shape index (κ3) is 2.09. The van der Waals surface area contributed by atoms with Crippen molar-refractivity contribution in [2.45, 2.75) is 25.6 Å². The molecule has 1 fully saturated rings. The summed E-state index contributed by atoms with van der Waals surface area (Å²) in [4.78, 5) is 32.2. The molecule has 0 bridgehead atoms. The number of carbonyl (C=O) groups is 2. The third-order valence-corrected chi connectivity index (χ3v) is 5.22. The van der Waals surface area contributed by atoms with Gasteiger partial charge in [0.05, 0.1) is 13.1 Å². The Morgan fingerprint density at radius 1 is 1.00 bits per heavy atom. The molecule has 1 aromatic heterocycles. The SMILES string of the molecule is O=C1C2Cc3c([nH]c4ccccc34)CN2C(=O)N1Cc1ccccc1. The zero-order valence-electron chi connectivity index (χ0n) is 13.6. The Labute approximate surface area is 144 Å². The fourth-order valence-electron chi connectivity index (χ4n) is 3.97. The molecule has 2 aliphatic heterocycles. The summed E-state index contributed by atoms with van der Waals surface area (Å²) in [7, 11) is 0. The van der Waals surface area contributed by atoms with Crippen LogP contribution in [0.15, 0.2) is 54.6 Å². The van der Waals surface area contributed by atoms with Crippen molar-refractivity contribution in [2.24, 2.45) is 0 Å². The van der Waals surface area contributed by atoms with Gasteiger partial charge in [0.25, 0.3) is 5.91 Å². The van der Waals surface area contributed by atoms with Crippen molar-refractivity contribution < 1.29 is 9.59 Å². The summed E-state index contributed by atoms with van der Waals surface area (Å²) < 4.78 is 0. The first-order valence-electron chi connectivity index (χ1n) is 8.47. The van der Waals surface area contributed by atoms with Crippen LogP contribution in [0.4, 0.5) is 4.79 Å². The van der Waals surface area contributed by atoms with Gasteiger partial charge in [0, 0.05) is 23.0 Å². The maximum Gasteiger partial charge on any atom is 0.328 e. The molecule has 3 aromatic rings. The van der Waals surface area contributed by atoms with Crippen molar-refractivity contribution in [3.05, 3.63) is 71.4 Å². The zero-order chi connectivity index (χ0) is 17.0. The molecule has 0 spiro atoms. The monoisotopic (exact) mass is 331 g/mol. The molecule has 3 heterocycles. The Hall–Kier alpha value is -3.08. The van der Waals surface area contributed by atoms with Gasteiger partial charge in [-0.15, -0.1) is 0 Å². The lowest BCUT2D eigenvalue weighted by Gasteiger charge is -2.26. The second-order valence-corrected chi connectivity index (χ2v) is 6.67. The first kappa shape index (κ1) is 14.3. The maximum absolute atomic E-state index is 12.9. The smallest absolute Gasteiger partial charge is 0.328 e. The summed E-state index contributed by atoms with van der Waals surface area (Å²) in [5, 5.41) is 1.15. The quantitative estimate of drug-likeness (QED) is 0.734. The van der Waals surface area contributed by atoms with E-state index in [1.54, 1.807) is 4.90 Å². The predicted octanol–water partition coefficient (Wildman–Crippen LogP) is 3.06. The van der Waals surface area contributed by atoms with Crippen LogP contribution in [0.2, 0.25) is 0 Å². The summed E-state index contributed by atoms with van der Waals surface area (Å²) in [6, 6.07) is 17.2. The average Bonchev–Trinajstić information content (AvgIpc) is 3.12. The molecule has 5 heteroatoms. The van der Waals surface area contributed by atoms with E-state index in [-0.39, 0.29) is 18.0 Å². The van der Waals surface area contributed by atoms with Gasteiger partial charge < -0.3 is 9.88 Å². The number of carbonyl (C=O) groups excluding carboxylic acids is 2. The van der Waals surface area contributed by atoms with Crippen LogP contribution in [0.25, 0.3) is 10.9 Å². The predicted molar refractivity (Wildman–Crippen MR) is 93.7 cm³/mol. The van der Waals surface area contributed by atoms with Gasteiger partial charge in [0.1, 0.15) is 6.04 Å². The number of hydrogen-bond acceptors (Lipinski definition) is 2. The molecule has 2 aromatic carbocycles. The zero-order valence-corrected chi connectivity index (χ0v) is 13.6. The van der Waals surface area contributed by atoms with E-state index in [1.807, 2.05) is 48.5 Å². The van der Waals surface area contributed by atoms with Crippen LogP contribution in [0.5, 0.6) is 0 Å². The Morgan fingerprint density at radius 2 is 1.76 bits per heavy atom. The van der Waals surface area contributed by atoms with Gasteiger partial charge in [-0.3, -0.25) is 9.69 Å². The number of para-hydroxylation sites is 1. The minimum atomic E-state index is -0.386. The maximum atomic E-state index is 12.9. The lowest BCUT2D eigenvalue weighted by molar-refractivity contribution is -0.128. The Balaban J connectivity index is 1.48. The van der Waals surface area contributed by atoms with Gasteiger partial charge >= 0.3 is 6.03 Å². The van der Waals surface area contributed by atoms with Crippen molar-refractivity contribution in [2.75, 3.05) is 0 Å². The van der Waals surface area contributed by atoms with E-state index in [1.165, 1.54) is 10.5 Å². The number of amides is 3. The van der Waals surface area contributed by atoms with E-state index < -0.39 is 0 Å². The number of rotatable bonds is 2. The molecule has 2 aliphatic rings. The minimum Gasteiger partial charge on any atom is -0.357 e. The van der Waals surface area contributed by atoms with E-state index in [0.717, 1.165) is 22.2 Å². The highest BCUT2D eigenvalue weighted by Crippen LogP contribution is 2.34. The number of fused-ring (bicyclic) bond motifs is 4. The summed E-state index contributed by atoms with van der Waals surface area (Å²) in [6.07, 6.45) is 0.579. The van der Waals surface area contributed by atoms with Crippen molar-refractivity contribution in [1.82, 2.24) is 14.8 Å². The molecule has 124 valence electrons. The normalized spacial score (nSPS) is 19.4. The summed E-state index contributed by atoms with van der Waals surface area (Å²) in [5.41, 5.74) is 4.24. The first-order valence-corrected chi connectivity index (χ1v) is 8.47. The number of nitrogens with one attached hydrogen (secondary N) is 1. The molecule has 0 saturated carbocycles. The van der Waals surface area contributed by atoms with Crippen molar-refractivity contribution >= 4 is 22.8 Å². The number of aromatic amines is 1. The first-order chi connectivity index (χ1) is 12.2. The summed E-state index contributed by atoms with van der Waals surface area (Å²) >= 11 is 0. The molecular weight excluding hydrogens is 314 g/mol. The van der Waals surface area contributed by atoms with Gasteiger partial charge in [-0.05, 0) is 17.2 Å². The van der Waals surface area contributed by atoms with Crippen LogP contribution in [-0.2, 0) is 24.3 Å². The number of aromatic nitrogens is 1. The number of benzene rings is 2. The van der Waals surface area contributed by atoms with Gasteiger partial charge in [-0.2, -0.15) is 0 Å². The highest BCUT2D eigenvalue weighted by molar-refractivity contribution is 6.05. The molecule has 1 N–H and O–H groups in total. The van der Waals surface area contributed by atoms with Crippen LogP contribution in [0.1, 0.15) is 16.8 Å². The van der Waals surface area contributed by atoms with Gasteiger partial charge in [-0.1, -0.05) is 48.5 Å². The highest BCUT2D eigenvalue weighted by atomic mass is 16.2. The van der Waals surface area contributed by atoms with Gasteiger partial charge in [-0.25, -0.2) is 4.79 Å². The van der Waals surface area contributed by atoms with Crippen LogP contribution >= 0.6 is 0 Å². The third-order valence-electron chi connectivity index (χ3n) is 5.22. The number of nitrogens with zero attached hydrogens (tertiary/aromatic N) is 2. The Morgan fingerprint density at radius 3 is 2.60 bits per heavy atom. The van der Waals surface area contributed by atoms with E-state index >= 15 is 0 Å². The molecule has 1 saturated heterocycles. The van der Waals surface area contributed by atoms with E-state index in [2.05, 4.69) is 11.1 Å². The molecule has 1 unspecified atom stereocenters. The fraction of sp³-hybridized carbons (Fsp3) is 0.200. The van der Waals surface area contributed by atoms with Crippen LogP contribution in [-0.4, -0.2) is 32.8 Å². The lowest BCUT2D eigenvalue weighted by Crippen LogP contribution is -2.39. The van der Waals surface area contributed by atoms with E-state index in [9.17, 15) is 9.59 Å². The second kappa shape index (κ2) is 5.21. The summed E-state index contributed by atoms with van der Waals surface area (Å²) in [6.45, 7) is 0.796. The van der Waals surface area contributed by atoms with E-state index in [4.69, 9.17) is 0 Å². The Kier molecular flexibility index (Phi) is 2.98. The molecule has 25 heavy (non-hydrogen) atoms. The number of H-pyrrole nitrogens is 1. The van der Waals surface area contributed by atoms with Crippen molar-refractivity contribution in [3.63, 3.8) is 0 Å². The van der Waals surface area contributed by atoms with Crippen molar-refractivity contribution in [3.8, 4) is 0 Å². The molecule has 0 radical (unpaired) electrons. The molecule has 5 nitrogen and oxygen atoms in total. The highest BCUT2D eigenvalue weighted by Gasteiger charge is 2.47. The number of urea groups is 1. The van der Waals surface area contributed by atoms with Crippen LogP contribution < -0.4 is 0 Å². The number of imide groups is 1. The fourth-order valence-corrected chi connectivity index (χ4v) is 3.97. The molecule has 0 aliphatic carbocycles. The molecular formula is C20H17N3O2. The number of hydrogen-bond donors (Lipinski definition) is 1. The van der Waals surface area contributed by atoms with Crippen LogP contribution in [0.3, 0.4) is 0 Å². The van der Waals surface area contributed by atoms with E-state index in [0.29, 0.717) is 19.5 Å². The van der Waals surface area contributed by atoms with Gasteiger partial charge in [0.2, 0.25) is 0 Å². The topological polar surface area (TPSA) is 56.4 Å². The van der Waals surface area contributed by atoms with Gasteiger partial charge in [0.15, 0.2) is 0 Å². The van der Waals surface area contributed by atoms with Crippen LogP contribution in [0, 0.1) is 0 Å².